The molecule has 0 aliphatic carbocycles. The van der Waals surface area contributed by atoms with Gasteiger partial charge in [-0.2, -0.15) is 0 Å². The molecule has 0 aliphatic heterocycles. The lowest BCUT2D eigenvalue weighted by atomic mass is 10.1. The van der Waals surface area contributed by atoms with Crippen LogP contribution in [0.2, 0.25) is 0 Å². The maximum atomic E-state index is 13.3. The molecule has 2 aromatic rings. The fourth-order valence-electron chi connectivity index (χ4n) is 1.97. The zero-order valence-corrected chi connectivity index (χ0v) is 14.5. The Kier molecular flexibility index (Phi) is 5.61. The first-order valence-electron chi connectivity index (χ1n) is 6.30. The van der Waals surface area contributed by atoms with Gasteiger partial charge in [0.1, 0.15) is 11.6 Å². The molecule has 2 rings (SSSR count). The van der Waals surface area contributed by atoms with E-state index < -0.39 is 0 Å². The van der Waals surface area contributed by atoms with Crippen LogP contribution in [0.15, 0.2) is 45.3 Å². The summed E-state index contributed by atoms with van der Waals surface area (Å²) >= 11 is 6.70. The second-order valence-electron chi connectivity index (χ2n) is 4.45. The Bertz CT molecular complexity index is 637. The van der Waals surface area contributed by atoms with Crippen LogP contribution in [0.5, 0.6) is 5.75 Å². The Hall–Kier alpha value is -1.11. The number of hydrogen-bond acceptors (Lipinski definition) is 3. The molecule has 0 aliphatic rings. The zero-order valence-electron chi connectivity index (χ0n) is 11.4. The van der Waals surface area contributed by atoms with Crippen LogP contribution in [0.1, 0.15) is 11.6 Å². The van der Waals surface area contributed by atoms with Gasteiger partial charge in [0.05, 0.1) is 17.6 Å². The van der Waals surface area contributed by atoms with Gasteiger partial charge < -0.3 is 15.8 Å². The number of nitrogens with two attached hydrogens (primary N) is 1. The van der Waals surface area contributed by atoms with Crippen molar-refractivity contribution in [3.8, 4) is 5.75 Å². The Morgan fingerprint density at radius 1 is 1.19 bits per heavy atom. The van der Waals surface area contributed by atoms with Gasteiger partial charge in [0.2, 0.25) is 0 Å². The lowest BCUT2D eigenvalue weighted by molar-refractivity contribution is 0.414. The molecule has 3 nitrogen and oxygen atoms in total. The van der Waals surface area contributed by atoms with Gasteiger partial charge in [-0.25, -0.2) is 4.39 Å². The third-order valence-electron chi connectivity index (χ3n) is 3.07. The van der Waals surface area contributed by atoms with Gasteiger partial charge in [-0.15, -0.1) is 0 Å². The summed E-state index contributed by atoms with van der Waals surface area (Å²) in [6, 6.07) is 10.4. The van der Waals surface area contributed by atoms with Crippen molar-refractivity contribution in [1.82, 2.24) is 0 Å². The van der Waals surface area contributed by atoms with E-state index in [4.69, 9.17) is 10.5 Å². The van der Waals surface area contributed by atoms with Crippen LogP contribution in [-0.4, -0.2) is 13.7 Å². The van der Waals surface area contributed by atoms with Gasteiger partial charge in [-0.1, -0.05) is 15.9 Å². The summed E-state index contributed by atoms with van der Waals surface area (Å²) in [5, 5.41) is 3.30. The smallest absolute Gasteiger partial charge is 0.137 e. The van der Waals surface area contributed by atoms with E-state index in [1.165, 1.54) is 6.07 Å². The predicted octanol–water partition coefficient (Wildman–Crippen LogP) is 4.47. The van der Waals surface area contributed by atoms with Gasteiger partial charge >= 0.3 is 0 Å². The minimum atomic E-state index is -0.299. The minimum absolute atomic E-state index is 0.119. The first-order valence-corrected chi connectivity index (χ1v) is 7.89. The molecule has 112 valence electrons. The van der Waals surface area contributed by atoms with Gasteiger partial charge in [0.25, 0.3) is 0 Å². The van der Waals surface area contributed by atoms with Crippen molar-refractivity contribution in [3.63, 3.8) is 0 Å². The van der Waals surface area contributed by atoms with Crippen molar-refractivity contribution in [1.29, 1.82) is 0 Å². The fourth-order valence-corrected chi connectivity index (χ4v) is 2.87. The number of nitrogens with one attached hydrogen (secondary N) is 1. The molecule has 0 heterocycles. The number of benzene rings is 2. The zero-order chi connectivity index (χ0) is 15.4. The van der Waals surface area contributed by atoms with Gasteiger partial charge in [-0.3, -0.25) is 0 Å². The van der Waals surface area contributed by atoms with Crippen molar-refractivity contribution in [2.75, 3.05) is 19.0 Å². The van der Waals surface area contributed by atoms with Crippen LogP contribution < -0.4 is 15.8 Å². The molecule has 0 saturated heterocycles. The molecule has 1 unspecified atom stereocenters. The third kappa shape index (κ3) is 3.96. The third-order valence-corrected chi connectivity index (χ3v) is 4.40. The van der Waals surface area contributed by atoms with Gasteiger partial charge in [-0.05, 0) is 57.9 Å². The van der Waals surface area contributed by atoms with Gasteiger partial charge in [0, 0.05) is 16.7 Å². The molecular weight excluding hydrogens is 403 g/mol. The second-order valence-corrected chi connectivity index (χ2v) is 6.16. The normalized spacial score (nSPS) is 12.0. The summed E-state index contributed by atoms with van der Waals surface area (Å²) in [6.07, 6.45) is 0. The molecule has 0 spiro atoms. The largest absolute Gasteiger partial charge is 0.497 e. The van der Waals surface area contributed by atoms with Crippen LogP contribution in [0.4, 0.5) is 10.1 Å². The molecule has 0 saturated carbocycles. The summed E-state index contributed by atoms with van der Waals surface area (Å²) in [4.78, 5) is 0. The van der Waals surface area contributed by atoms with Crippen molar-refractivity contribution in [2.24, 2.45) is 5.73 Å². The highest BCUT2D eigenvalue weighted by Crippen LogP contribution is 2.30. The molecule has 0 fully saturated rings. The summed E-state index contributed by atoms with van der Waals surface area (Å²) < 4.78 is 19.9. The number of hydrogen-bond donors (Lipinski definition) is 2. The number of anilines is 1. The fraction of sp³-hybridized carbons (Fsp3) is 0.200. The molecule has 0 radical (unpaired) electrons. The Labute approximate surface area is 139 Å². The van der Waals surface area contributed by atoms with E-state index in [-0.39, 0.29) is 11.9 Å². The van der Waals surface area contributed by atoms with Crippen molar-refractivity contribution >= 4 is 37.5 Å². The van der Waals surface area contributed by atoms with Crippen LogP contribution in [0.3, 0.4) is 0 Å². The van der Waals surface area contributed by atoms with Crippen LogP contribution in [-0.2, 0) is 0 Å². The molecule has 3 N–H and O–H groups in total. The molecule has 2 aromatic carbocycles. The predicted molar refractivity (Wildman–Crippen MR) is 90.2 cm³/mol. The lowest BCUT2D eigenvalue weighted by Crippen LogP contribution is -2.21. The number of rotatable bonds is 5. The molecule has 0 amide bonds. The van der Waals surface area contributed by atoms with E-state index in [9.17, 15) is 4.39 Å². The maximum Gasteiger partial charge on any atom is 0.137 e. The van der Waals surface area contributed by atoms with E-state index in [0.29, 0.717) is 11.0 Å². The van der Waals surface area contributed by atoms with Crippen molar-refractivity contribution in [3.05, 3.63) is 56.7 Å². The standard InChI is InChI=1S/C15H15Br2FN2O/c1-21-10-3-4-12(16)11(7-10)15(8-19)20-9-2-5-14(18)13(17)6-9/h2-7,15,20H,8,19H2,1H3. The van der Waals surface area contributed by atoms with Gasteiger partial charge in [0.15, 0.2) is 0 Å². The monoisotopic (exact) mass is 416 g/mol. The van der Waals surface area contributed by atoms with Crippen molar-refractivity contribution in [2.45, 2.75) is 6.04 Å². The summed E-state index contributed by atoms with van der Waals surface area (Å²) in [5.41, 5.74) is 7.64. The molecule has 6 heteroatoms. The highest BCUT2D eigenvalue weighted by Gasteiger charge is 2.14. The molecule has 1 atom stereocenters. The van der Waals surface area contributed by atoms with Crippen LogP contribution in [0, 0.1) is 5.82 Å². The summed E-state index contributed by atoms with van der Waals surface area (Å²) in [5.74, 6) is 0.459. The Morgan fingerprint density at radius 3 is 2.57 bits per heavy atom. The number of methoxy groups -OCH3 is 1. The molecule has 21 heavy (non-hydrogen) atoms. The highest BCUT2D eigenvalue weighted by atomic mass is 79.9. The molecular formula is C15H15Br2FN2O. The topological polar surface area (TPSA) is 47.3 Å². The quantitative estimate of drug-likeness (QED) is 0.754. The van der Waals surface area contributed by atoms with E-state index >= 15 is 0 Å². The number of halogens is 3. The SMILES string of the molecule is COc1ccc(Br)c(C(CN)Nc2ccc(F)c(Br)c2)c1. The second kappa shape index (κ2) is 7.24. The van der Waals surface area contributed by atoms with E-state index in [2.05, 4.69) is 37.2 Å². The average molecular weight is 418 g/mol. The Balaban J connectivity index is 2.29. The summed E-state index contributed by atoms with van der Waals surface area (Å²) in [6.45, 7) is 0.390. The molecule has 0 aromatic heterocycles. The molecule has 0 bridgehead atoms. The summed E-state index contributed by atoms with van der Waals surface area (Å²) in [7, 11) is 1.62. The first kappa shape index (κ1) is 16.3. The van der Waals surface area contributed by atoms with E-state index in [0.717, 1.165) is 21.5 Å². The van der Waals surface area contributed by atoms with Crippen LogP contribution >= 0.6 is 31.9 Å². The van der Waals surface area contributed by atoms with E-state index in [1.54, 1.807) is 19.2 Å². The lowest BCUT2D eigenvalue weighted by Gasteiger charge is -2.21. The minimum Gasteiger partial charge on any atom is -0.497 e. The maximum absolute atomic E-state index is 13.3. The van der Waals surface area contributed by atoms with Crippen molar-refractivity contribution < 1.29 is 9.13 Å². The average Bonchev–Trinajstić information content (AvgIpc) is 2.49. The Morgan fingerprint density at radius 2 is 1.95 bits per heavy atom. The first-order chi connectivity index (χ1) is 10.0. The number of ether oxygens (including phenoxy) is 1. The van der Waals surface area contributed by atoms with Crippen LogP contribution in [0.25, 0.3) is 0 Å². The highest BCUT2D eigenvalue weighted by molar-refractivity contribution is 9.10. The van der Waals surface area contributed by atoms with E-state index in [1.807, 2.05) is 18.2 Å².